The van der Waals surface area contributed by atoms with E-state index in [1.165, 1.54) is 16.0 Å². The van der Waals surface area contributed by atoms with E-state index in [2.05, 4.69) is 24.3 Å². The summed E-state index contributed by atoms with van der Waals surface area (Å²) in [5.74, 6) is -0.921. The molecule has 2 unspecified atom stereocenters. The summed E-state index contributed by atoms with van der Waals surface area (Å²) in [6, 6.07) is 16.4. The third-order valence-electron chi connectivity index (χ3n) is 6.46. The van der Waals surface area contributed by atoms with Crippen LogP contribution in [-0.2, 0) is 9.53 Å². The number of carbonyl (C=O) groups excluding carboxylic acids is 1. The predicted molar refractivity (Wildman–Crippen MR) is 99.5 cm³/mol. The molecule has 0 radical (unpaired) electrons. The van der Waals surface area contributed by atoms with Crippen LogP contribution >= 0.6 is 0 Å². The molecule has 2 aromatic rings. The van der Waals surface area contributed by atoms with Gasteiger partial charge in [-0.15, -0.1) is 0 Å². The average molecular weight is 363 g/mol. The van der Waals surface area contributed by atoms with E-state index in [9.17, 15) is 14.7 Å². The molecular weight excluding hydrogens is 342 g/mol. The average Bonchev–Trinajstić information content (AvgIpc) is 3.00. The molecule has 138 valence electrons. The molecule has 2 heterocycles. The summed E-state index contributed by atoms with van der Waals surface area (Å²) < 4.78 is 5.68. The first-order valence-electron chi connectivity index (χ1n) is 9.49. The van der Waals surface area contributed by atoms with E-state index in [1.54, 1.807) is 0 Å². The summed E-state index contributed by atoms with van der Waals surface area (Å²) in [5.41, 5.74) is 3.62. The molecule has 0 spiro atoms. The van der Waals surface area contributed by atoms with Gasteiger partial charge in [0.1, 0.15) is 12.1 Å². The number of carboxylic acids is 1. The number of rotatable bonds is 3. The molecule has 2 fully saturated rings. The van der Waals surface area contributed by atoms with Gasteiger partial charge < -0.3 is 9.84 Å². The lowest BCUT2D eigenvalue weighted by molar-refractivity contribution is -0.173. The van der Waals surface area contributed by atoms with Crippen LogP contribution in [-0.4, -0.2) is 40.3 Å². The summed E-state index contributed by atoms with van der Waals surface area (Å²) >= 11 is 0. The topological polar surface area (TPSA) is 66.8 Å². The van der Waals surface area contributed by atoms with Crippen molar-refractivity contribution in [2.75, 3.05) is 6.61 Å². The van der Waals surface area contributed by atoms with Gasteiger partial charge in [0.05, 0.1) is 0 Å². The second kappa shape index (κ2) is 5.84. The van der Waals surface area contributed by atoms with E-state index < -0.39 is 17.6 Å². The molecule has 0 aromatic heterocycles. The number of ether oxygens (including phenoxy) is 1. The monoisotopic (exact) mass is 363 g/mol. The fraction of sp³-hybridized carbons (Fsp3) is 0.364. The lowest BCUT2D eigenvalue weighted by Crippen LogP contribution is -2.73. The Hall–Kier alpha value is -2.82. The Morgan fingerprint density at radius 2 is 1.70 bits per heavy atom. The fourth-order valence-corrected chi connectivity index (χ4v) is 5.18. The van der Waals surface area contributed by atoms with Crippen LogP contribution in [0.4, 0.5) is 4.79 Å². The lowest BCUT2D eigenvalue weighted by Gasteiger charge is -2.58. The highest BCUT2D eigenvalue weighted by molar-refractivity contribution is 5.87. The largest absolute Gasteiger partial charge is 0.479 e. The van der Waals surface area contributed by atoms with Gasteiger partial charge in [-0.2, -0.15) is 0 Å². The summed E-state index contributed by atoms with van der Waals surface area (Å²) in [5, 5.41) is 9.65. The summed E-state index contributed by atoms with van der Waals surface area (Å²) in [4.78, 5) is 26.0. The molecule has 5 nitrogen and oxygen atoms in total. The van der Waals surface area contributed by atoms with E-state index in [0.29, 0.717) is 12.8 Å². The molecule has 2 saturated heterocycles. The molecule has 2 aliphatic heterocycles. The molecular formula is C22H21NO4. The number of amides is 1. The molecule has 2 atom stereocenters. The maximum Gasteiger partial charge on any atom is 0.411 e. The number of carboxylic acid groups (broad SMARTS) is 1. The zero-order chi connectivity index (χ0) is 18.6. The van der Waals surface area contributed by atoms with Crippen molar-refractivity contribution in [3.8, 4) is 11.1 Å². The Kier molecular flexibility index (Phi) is 3.54. The smallest absolute Gasteiger partial charge is 0.411 e. The number of aliphatic carboxylic acids is 1. The Morgan fingerprint density at radius 3 is 2.30 bits per heavy atom. The van der Waals surface area contributed by atoms with Gasteiger partial charge in [0.25, 0.3) is 0 Å². The van der Waals surface area contributed by atoms with E-state index in [1.807, 2.05) is 24.3 Å². The van der Waals surface area contributed by atoms with Crippen molar-refractivity contribution in [2.24, 2.45) is 0 Å². The third-order valence-corrected chi connectivity index (χ3v) is 6.46. The molecule has 0 saturated carbocycles. The zero-order valence-corrected chi connectivity index (χ0v) is 14.9. The minimum atomic E-state index is -1.05. The van der Waals surface area contributed by atoms with Gasteiger partial charge in [0.2, 0.25) is 0 Å². The number of piperidine rings is 1. The number of carbonyl (C=O) groups is 2. The molecule has 3 aliphatic rings. The highest BCUT2D eigenvalue weighted by Crippen LogP contribution is 2.49. The van der Waals surface area contributed by atoms with Crippen molar-refractivity contribution in [1.82, 2.24) is 4.90 Å². The van der Waals surface area contributed by atoms with E-state index in [4.69, 9.17) is 4.74 Å². The predicted octanol–water partition coefficient (Wildman–Crippen LogP) is 4.02. The zero-order valence-electron chi connectivity index (χ0n) is 14.9. The van der Waals surface area contributed by atoms with Crippen molar-refractivity contribution in [1.29, 1.82) is 0 Å². The minimum Gasteiger partial charge on any atom is -0.479 e. The molecule has 1 N–H and O–H groups in total. The van der Waals surface area contributed by atoms with Gasteiger partial charge in [-0.05, 0) is 41.5 Å². The lowest BCUT2D eigenvalue weighted by atomic mass is 9.68. The molecule has 1 aliphatic carbocycles. The summed E-state index contributed by atoms with van der Waals surface area (Å²) in [6.45, 7) is 0.228. The molecule has 2 bridgehead atoms. The fourth-order valence-electron chi connectivity index (χ4n) is 5.18. The minimum absolute atomic E-state index is 0.00509. The van der Waals surface area contributed by atoms with Crippen LogP contribution in [0, 0.1) is 0 Å². The Balaban J connectivity index is 1.38. The summed E-state index contributed by atoms with van der Waals surface area (Å²) in [7, 11) is 0. The third kappa shape index (κ3) is 2.24. The first-order chi connectivity index (χ1) is 13.1. The van der Waals surface area contributed by atoms with Gasteiger partial charge in [0.15, 0.2) is 0 Å². The number of benzene rings is 2. The van der Waals surface area contributed by atoms with Crippen molar-refractivity contribution in [2.45, 2.75) is 43.2 Å². The van der Waals surface area contributed by atoms with Crippen LogP contribution in [0.3, 0.4) is 0 Å². The van der Waals surface area contributed by atoms with E-state index in [0.717, 1.165) is 24.0 Å². The van der Waals surface area contributed by atoms with E-state index in [-0.39, 0.29) is 18.6 Å². The number of nitrogens with zero attached hydrogens (tertiary/aromatic N) is 1. The highest BCUT2D eigenvalue weighted by atomic mass is 16.6. The second-order valence-electron chi connectivity index (χ2n) is 7.76. The van der Waals surface area contributed by atoms with Crippen LogP contribution in [0.1, 0.15) is 42.7 Å². The number of hydrogen-bond donors (Lipinski definition) is 1. The van der Waals surface area contributed by atoms with Gasteiger partial charge in [-0.25, -0.2) is 9.59 Å². The highest BCUT2D eigenvalue weighted by Gasteiger charge is 2.62. The van der Waals surface area contributed by atoms with Gasteiger partial charge in [-0.3, -0.25) is 4.90 Å². The Morgan fingerprint density at radius 1 is 1.07 bits per heavy atom. The van der Waals surface area contributed by atoms with Crippen molar-refractivity contribution < 1.29 is 19.4 Å². The summed E-state index contributed by atoms with van der Waals surface area (Å²) in [6.07, 6.45) is 2.29. The Bertz CT molecular complexity index is 890. The molecule has 1 amide bonds. The molecule has 2 aromatic carbocycles. The molecule has 5 heteroatoms. The SMILES string of the molecule is O=C(OCC1c2ccccc2-c2ccccc21)N1C2CCCC1(C(=O)O)C2. The maximum absolute atomic E-state index is 12.8. The van der Waals surface area contributed by atoms with Crippen LogP contribution in [0.2, 0.25) is 0 Å². The molecule has 5 rings (SSSR count). The second-order valence-corrected chi connectivity index (χ2v) is 7.76. The van der Waals surface area contributed by atoms with Gasteiger partial charge in [0, 0.05) is 18.4 Å². The quantitative estimate of drug-likeness (QED) is 0.894. The van der Waals surface area contributed by atoms with Gasteiger partial charge in [-0.1, -0.05) is 48.5 Å². The van der Waals surface area contributed by atoms with Crippen molar-refractivity contribution >= 4 is 12.1 Å². The van der Waals surface area contributed by atoms with E-state index >= 15 is 0 Å². The number of hydrogen-bond acceptors (Lipinski definition) is 3. The van der Waals surface area contributed by atoms with Crippen LogP contribution < -0.4 is 0 Å². The number of fused-ring (bicyclic) bond motifs is 5. The maximum atomic E-state index is 12.8. The van der Waals surface area contributed by atoms with Crippen LogP contribution in [0.25, 0.3) is 11.1 Å². The van der Waals surface area contributed by atoms with Crippen LogP contribution in [0.5, 0.6) is 0 Å². The van der Waals surface area contributed by atoms with Gasteiger partial charge >= 0.3 is 12.1 Å². The normalized spacial score (nSPS) is 25.3. The standard InChI is InChI=1S/C22H21NO4/c24-20(25)22-11-5-6-14(12-22)23(22)21(26)27-13-19-17-9-3-1-7-15(17)16-8-2-4-10-18(16)19/h1-4,7-10,14,19H,5-6,11-13H2,(H,24,25). The first-order valence-corrected chi connectivity index (χ1v) is 9.49. The Labute approximate surface area is 157 Å². The molecule has 27 heavy (non-hydrogen) atoms. The first kappa shape index (κ1) is 16.4. The van der Waals surface area contributed by atoms with Crippen molar-refractivity contribution in [3.05, 3.63) is 59.7 Å². The van der Waals surface area contributed by atoms with Crippen LogP contribution in [0.15, 0.2) is 48.5 Å². The van der Waals surface area contributed by atoms with Crippen molar-refractivity contribution in [3.63, 3.8) is 0 Å².